The number of benzene rings is 1. The lowest BCUT2D eigenvalue weighted by molar-refractivity contribution is 0.211. The molecule has 0 amide bonds. The Morgan fingerprint density at radius 3 is 3.07 bits per heavy atom. The third kappa shape index (κ3) is 4.00. The zero-order valence-corrected chi connectivity index (χ0v) is 15.4. The number of nitrogens with one attached hydrogen (secondary N) is 1. The molecule has 0 radical (unpaired) electrons. The first kappa shape index (κ1) is 12.2. The third-order valence-corrected chi connectivity index (χ3v) is 5.26. The number of nitrogens with zero attached hydrogens (tertiary/aromatic N) is 5. The van der Waals surface area contributed by atoms with Gasteiger partial charge in [0.05, 0.1) is 9.68 Å². The highest BCUT2D eigenvalue weighted by molar-refractivity contribution is 7.22. The van der Waals surface area contributed by atoms with Gasteiger partial charge in [-0.05, 0) is 30.5 Å². The minimum absolute atomic E-state index is 0.185. The van der Waals surface area contributed by atoms with Crippen molar-refractivity contribution in [2.75, 3.05) is 18.4 Å². The van der Waals surface area contributed by atoms with Gasteiger partial charge < -0.3 is 5.31 Å². The van der Waals surface area contributed by atoms with Gasteiger partial charge in [-0.1, -0.05) is 29.0 Å². The number of hydrogen-bond donors (Lipinski definition) is 1. The summed E-state index contributed by atoms with van der Waals surface area (Å²) in [5.41, 5.74) is -0.574. The second kappa shape index (κ2) is 7.72. The van der Waals surface area contributed by atoms with Crippen LogP contribution in [0.2, 0.25) is 5.88 Å². The Balaban J connectivity index is 1.55. The first-order valence-corrected chi connectivity index (χ1v) is 9.27. The number of thiazole rings is 1. The Morgan fingerprint density at radius 2 is 2.30 bits per heavy atom. The molecule has 0 saturated carbocycles. The number of anilines is 1. The van der Waals surface area contributed by atoms with E-state index in [4.69, 9.17) is 25.1 Å². The highest BCUT2D eigenvalue weighted by Crippen LogP contribution is 2.30. The van der Waals surface area contributed by atoms with E-state index in [0.29, 0.717) is 30.6 Å². The summed E-state index contributed by atoms with van der Waals surface area (Å²) in [4.78, 5) is 13.7. The molecule has 27 heavy (non-hydrogen) atoms. The van der Waals surface area contributed by atoms with Crippen LogP contribution in [0.1, 0.15) is 30.8 Å². The second-order valence-corrected chi connectivity index (χ2v) is 7.46. The summed E-state index contributed by atoms with van der Waals surface area (Å²) in [5, 5.41) is 10.3. The van der Waals surface area contributed by atoms with E-state index in [1.807, 2.05) is 0 Å². The van der Waals surface area contributed by atoms with E-state index in [0.717, 1.165) is 11.3 Å². The highest BCUT2D eigenvalue weighted by Gasteiger charge is 2.21. The molecule has 1 aliphatic heterocycles. The zero-order chi connectivity index (χ0) is 24.0. The van der Waals surface area contributed by atoms with Crippen LogP contribution < -0.4 is 5.31 Å². The molecule has 6 nitrogen and oxygen atoms in total. The minimum Gasteiger partial charge on any atom is -0.366 e. The van der Waals surface area contributed by atoms with Gasteiger partial charge in [-0.3, -0.25) is 4.90 Å². The van der Waals surface area contributed by atoms with Crippen LogP contribution in [-0.4, -0.2) is 39.0 Å². The maximum atomic E-state index is 14.1. The Morgan fingerprint density at radius 1 is 1.48 bits per heavy atom. The van der Waals surface area contributed by atoms with Gasteiger partial charge in [0, 0.05) is 27.0 Å². The first-order chi connectivity index (χ1) is 15.6. The van der Waals surface area contributed by atoms with Gasteiger partial charge in [-0.25, -0.2) is 19.3 Å². The Bertz CT molecular complexity index is 1280. The van der Waals surface area contributed by atoms with E-state index in [1.165, 1.54) is 5.31 Å². The molecule has 0 bridgehead atoms. The smallest absolute Gasteiger partial charge is 0.186 e. The standard InChI is InChI=1S/C18H16ClFN6S/c19-18-25-17-15(27-18)16(22-10-23-17)24-13-3-5-26(6-4-13)9-11-1-2-14(20)12(7-11)8-21/h1-2,7,10,13H,3-6,9H2,(H,22,23,24)/i1D,2D,7D,9D,10D/hD. The molecular weight excluding hydrogens is 387 g/mol. The fourth-order valence-electron chi connectivity index (χ4n) is 2.81. The molecule has 138 valence electrons. The van der Waals surface area contributed by atoms with Gasteiger partial charge in [-0.2, -0.15) is 5.26 Å². The second-order valence-electron chi connectivity index (χ2n) is 5.88. The molecule has 1 aliphatic rings. The summed E-state index contributed by atoms with van der Waals surface area (Å²) in [6, 6.07) is -0.672. The van der Waals surface area contributed by atoms with Crippen molar-refractivity contribution in [1.29, 1.82) is 5.26 Å². The molecule has 9 heteroatoms. The van der Waals surface area contributed by atoms with E-state index in [9.17, 15) is 4.39 Å². The molecule has 3 heterocycles. The van der Waals surface area contributed by atoms with Crippen molar-refractivity contribution in [2.45, 2.75) is 25.4 Å². The minimum atomic E-state index is -1.23. The number of rotatable bonds is 4. The largest absolute Gasteiger partial charge is 0.366 e. The van der Waals surface area contributed by atoms with Gasteiger partial charge >= 0.3 is 0 Å². The van der Waals surface area contributed by atoms with E-state index in [2.05, 4.69) is 15.0 Å². The normalized spacial score (nSPS) is 20.0. The number of nitriles is 1. The van der Waals surface area contributed by atoms with Crippen molar-refractivity contribution in [3.8, 4) is 6.07 Å². The average Bonchev–Trinajstić information content (AvgIpc) is 3.16. The number of aromatic nitrogens is 3. The van der Waals surface area contributed by atoms with Crippen molar-refractivity contribution < 1.29 is 12.7 Å². The van der Waals surface area contributed by atoms with Crippen LogP contribution in [0.3, 0.4) is 0 Å². The summed E-state index contributed by atoms with van der Waals surface area (Å²) in [6.07, 6.45) is 0.595. The molecule has 1 aromatic carbocycles. The Hall–Kier alpha value is -2.34. The van der Waals surface area contributed by atoms with Gasteiger partial charge in [0.2, 0.25) is 0 Å². The lowest BCUT2D eigenvalue weighted by Gasteiger charge is -2.32. The molecule has 1 atom stereocenters. The van der Waals surface area contributed by atoms with Gasteiger partial charge in [-0.15, -0.1) is 0 Å². The quantitative estimate of drug-likeness (QED) is 0.706. The molecule has 4 rings (SSSR count). The SMILES string of the molecule is [2H]c1nc(N([2H])C2CCN(C([2H])c3c([2H])c([2H])c(F)c(C#N)c3[2H])CC2)c2sc(Cl)nc2n1. The molecule has 0 spiro atoms. The van der Waals surface area contributed by atoms with Crippen LogP contribution in [0.15, 0.2) is 24.4 Å². The van der Waals surface area contributed by atoms with Crippen LogP contribution in [0.25, 0.3) is 10.3 Å². The van der Waals surface area contributed by atoms with Crippen LogP contribution >= 0.6 is 22.9 Å². The van der Waals surface area contributed by atoms with E-state index < -0.39 is 36.0 Å². The van der Waals surface area contributed by atoms with Gasteiger partial charge in [0.1, 0.15) is 30.1 Å². The maximum Gasteiger partial charge on any atom is 0.186 e. The summed E-state index contributed by atoms with van der Waals surface area (Å²) in [6.45, 7) is -0.580. The lowest BCUT2D eigenvalue weighted by Crippen LogP contribution is -2.38. The van der Waals surface area contributed by atoms with Crippen LogP contribution in [-0.2, 0) is 6.52 Å². The van der Waals surface area contributed by atoms with Crippen LogP contribution in [0, 0.1) is 17.1 Å². The van der Waals surface area contributed by atoms with Crippen molar-refractivity contribution in [3.05, 3.63) is 45.8 Å². The summed E-state index contributed by atoms with van der Waals surface area (Å²) in [5.74, 6) is -0.992. The van der Waals surface area contributed by atoms with E-state index in [1.54, 1.807) is 11.0 Å². The topological polar surface area (TPSA) is 77.7 Å². The number of halogens is 2. The van der Waals surface area contributed by atoms with Gasteiger partial charge in [0.15, 0.2) is 11.5 Å². The first-order valence-electron chi connectivity index (χ1n) is 11.1. The molecule has 1 saturated heterocycles. The van der Waals surface area contributed by atoms with E-state index in [-0.39, 0.29) is 33.8 Å². The molecule has 1 fully saturated rings. The maximum absolute atomic E-state index is 14.1. The number of fused-ring (bicyclic) bond motifs is 1. The van der Waals surface area contributed by atoms with Crippen molar-refractivity contribution in [2.24, 2.45) is 0 Å². The molecule has 0 aliphatic carbocycles. The van der Waals surface area contributed by atoms with Crippen molar-refractivity contribution in [1.82, 2.24) is 19.9 Å². The van der Waals surface area contributed by atoms with Crippen molar-refractivity contribution in [3.63, 3.8) is 0 Å². The third-order valence-electron chi connectivity index (χ3n) is 4.11. The fraction of sp³-hybridized carbons (Fsp3) is 0.333. The molecule has 1 N–H and O–H groups in total. The summed E-state index contributed by atoms with van der Waals surface area (Å²) in [7, 11) is 0. The number of hydrogen-bond acceptors (Lipinski definition) is 7. The van der Waals surface area contributed by atoms with Crippen LogP contribution in [0.4, 0.5) is 10.2 Å². The van der Waals surface area contributed by atoms with Crippen molar-refractivity contribution >= 4 is 39.1 Å². The molecule has 3 aromatic rings. The summed E-state index contributed by atoms with van der Waals surface area (Å²) >= 11 is 7.08. The highest BCUT2D eigenvalue weighted by atomic mass is 35.5. The van der Waals surface area contributed by atoms with Gasteiger partial charge in [0.25, 0.3) is 0 Å². The average molecular weight is 409 g/mol. The Kier molecular flexibility index (Phi) is 3.49. The monoisotopic (exact) mass is 408 g/mol. The number of likely N-dealkylation sites (tertiary alicyclic amines) is 1. The predicted octanol–water partition coefficient (Wildman–Crippen LogP) is 3.83. The number of piperidine rings is 1. The molecule has 2 aromatic heterocycles. The Labute approximate surface area is 173 Å². The fourth-order valence-corrected chi connectivity index (χ4v) is 3.80. The molecule has 1 unspecified atom stereocenters. The zero-order valence-electron chi connectivity index (χ0n) is 19.8. The lowest BCUT2D eigenvalue weighted by atomic mass is 10.0. The van der Waals surface area contributed by atoms with Crippen LogP contribution in [0.5, 0.6) is 0 Å². The predicted molar refractivity (Wildman–Crippen MR) is 103 cm³/mol. The van der Waals surface area contributed by atoms with E-state index >= 15 is 0 Å². The summed E-state index contributed by atoms with van der Waals surface area (Å²) < 4.78 is 63.6. The molecular formula is C18H16ClFN6S.